The SMILES string of the molecule is CCOC[C@@H](CC(C)C)NC(=O)[C@@H]1CNC[C@H](C(=O)N(CC(C)C)c2cc(OCCCOCc3ccccc3)c(C(C)C)cn2)[C@@H]1O. The molecule has 1 aliphatic heterocycles. The highest BCUT2D eigenvalue weighted by molar-refractivity contribution is 5.95. The molecule has 1 aromatic heterocycles. The van der Waals surface area contributed by atoms with E-state index in [0.717, 1.165) is 17.5 Å². The minimum atomic E-state index is -1.15. The zero-order valence-corrected chi connectivity index (χ0v) is 29.5. The van der Waals surface area contributed by atoms with Gasteiger partial charge in [-0.2, -0.15) is 0 Å². The lowest BCUT2D eigenvalue weighted by Gasteiger charge is -2.37. The van der Waals surface area contributed by atoms with Gasteiger partial charge in [0.2, 0.25) is 11.8 Å². The summed E-state index contributed by atoms with van der Waals surface area (Å²) in [5.74, 6) is -0.303. The molecule has 0 radical (unpaired) electrons. The highest BCUT2D eigenvalue weighted by Crippen LogP contribution is 2.31. The number of aliphatic hydroxyl groups is 1. The van der Waals surface area contributed by atoms with Crippen LogP contribution in [0.5, 0.6) is 5.75 Å². The zero-order chi connectivity index (χ0) is 34.3. The average molecular weight is 655 g/mol. The normalized spacial score (nSPS) is 18.8. The van der Waals surface area contributed by atoms with Gasteiger partial charge in [-0.05, 0) is 36.7 Å². The lowest BCUT2D eigenvalue weighted by Crippen LogP contribution is -2.59. The van der Waals surface area contributed by atoms with Gasteiger partial charge in [0.1, 0.15) is 11.6 Å². The lowest BCUT2D eigenvalue weighted by molar-refractivity contribution is -0.137. The van der Waals surface area contributed by atoms with Gasteiger partial charge in [-0.1, -0.05) is 71.9 Å². The monoisotopic (exact) mass is 654 g/mol. The van der Waals surface area contributed by atoms with Crippen molar-refractivity contribution in [3.8, 4) is 5.75 Å². The number of rotatable bonds is 19. The highest BCUT2D eigenvalue weighted by Gasteiger charge is 2.42. The third-order valence-corrected chi connectivity index (χ3v) is 8.23. The van der Waals surface area contributed by atoms with Gasteiger partial charge in [-0.3, -0.25) is 14.5 Å². The third-order valence-electron chi connectivity index (χ3n) is 8.23. The average Bonchev–Trinajstić information content (AvgIpc) is 3.03. The van der Waals surface area contributed by atoms with Crippen LogP contribution in [0.2, 0.25) is 0 Å². The predicted octanol–water partition coefficient (Wildman–Crippen LogP) is 4.94. The van der Waals surface area contributed by atoms with E-state index < -0.39 is 17.9 Å². The van der Waals surface area contributed by atoms with Crippen LogP contribution >= 0.6 is 0 Å². The first-order chi connectivity index (χ1) is 22.5. The maximum Gasteiger partial charge on any atom is 0.235 e. The van der Waals surface area contributed by atoms with Gasteiger partial charge in [0.25, 0.3) is 0 Å². The number of nitrogens with one attached hydrogen (secondary N) is 2. The standard InChI is InChI=1S/C37H58N4O6/c1-8-45-24-29(17-25(2)3)40-36(43)31-19-38-20-32(35(31)42)37(44)41(22-26(4)5)34-18-33(30(21-39-34)27(6)7)47-16-12-15-46-23-28-13-10-9-11-14-28/h9-11,13-14,18,21,25-27,29,31-32,35,38,42H,8,12,15-17,19-20,22-24H2,1-7H3,(H,40,43)/t29-,31-,32+,35-/m1/s1. The van der Waals surface area contributed by atoms with Crippen molar-refractivity contribution in [2.24, 2.45) is 23.7 Å². The zero-order valence-electron chi connectivity index (χ0n) is 29.5. The van der Waals surface area contributed by atoms with Crippen LogP contribution < -0.4 is 20.3 Å². The van der Waals surface area contributed by atoms with Crippen LogP contribution in [0.25, 0.3) is 0 Å². The minimum Gasteiger partial charge on any atom is -0.493 e. The molecule has 3 rings (SSSR count). The number of hydrogen-bond donors (Lipinski definition) is 3. The molecule has 47 heavy (non-hydrogen) atoms. The summed E-state index contributed by atoms with van der Waals surface area (Å²) in [6.07, 6.45) is 2.10. The molecule has 0 unspecified atom stereocenters. The van der Waals surface area contributed by atoms with E-state index in [2.05, 4.69) is 38.3 Å². The molecule has 0 bridgehead atoms. The number of aliphatic hydroxyl groups excluding tert-OH is 1. The van der Waals surface area contributed by atoms with Gasteiger partial charge in [-0.25, -0.2) is 4.98 Å². The van der Waals surface area contributed by atoms with Crippen LogP contribution in [0.1, 0.15) is 78.4 Å². The van der Waals surface area contributed by atoms with Crippen molar-refractivity contribution in [2.45, 2.75) is 86.0 Å². The summed E-state index contributed by atoms with van der Waals surface area (Å²) < 4.78 is 17.7. The van der Waals surface area contributed by atoms with Crippen LogP contribution in [0.15, 0.2) is 42.6 Å². The first-order valence-corrected chi connectivity index (χ1v) is 17.3. The van der Waals surface area contributed by atoms with Crippen LogP contribution in [-0.4, -0.2) is 80.1 Å². The van der Waals surface area contributed by atoms with E-state index >= 15 is 0 Å². The summed E-state index contributed by atoms with van der Waals surface area (Å²) in [4.78, 5) is 33.9. The second-order valence-electron chi connectivity index (χ2n) is 13.7. The number of amides is 2. The fourth-order valence-electron chi connectivity index (χ4n) is 5.82. The molecule has 2 amide bonds. The molecule has 262 valence electrons. The molecule has 0 spiro atoms. The number of hydrogen-bond acceptors (Lipinski definition) is 8. The van der Waals surface area contributed by atoms with Crippen LogP contribution in [0.4, 0.5) is 5.82 Å². The number of benzene rings is 1. The first-order valence-electron chi connectivity index (χ1n) is 17.3. The van der Waals surface area contributed by atoms with E-state index in [-0.39, 0.29) is 36.2 Å². The number of pyridine rings is 1. The molecule has 1 saturated heterocycles. The molecular formula is C37H58N4O6. The second-order valence-corrected chi connectivity index (χ2v) is 13.7. The molecule has 1 aromatic carbocycles. The largest absolute Gasteiger partial charge is 0.493 e. The maximum atomic E-state index is 14.2. The predicted molar refractivity (Wildman–Crippen MR) is 185 cm³/mol. The number of nitrogens with zero attached hydrogens (tertiary/aromatic N) is 2. The van der Waals surface area contributed by atoms with E-state index in [9.17, 15) is 14.7 Å². The Balaban J connectivity index is 1.72. The van der Waals surface area contributed by atoms with Gasteiger partial charge >= 0.3 is 0 Å². The fraction of sp³-hybridized carbons (Fsp3) is 0.649. The molecule has 10 nitrogen and oxygen atoms in total. The Kier molecular flexibility index (Phi) is 16.1. The van der Waals surface area contributed by atoms with Gasteiger partial charge in [0.05, 0.1) is 50.4 Å². The Morgan fingerprint density at radius 2 is 1.74 bits per heavy atom. The molecule has 4 atom stereocenters. The highest BCUT2D eigenvalue weighted by atomic mass is 16.5. The Bertz CT molecular complexity index is 1220. The van der Waals surface area contributed by atoms with Crippen molar-refractivity contribution >= 4 is 17.6 Å². The van der Waals surface area contributed by atoms with Crippen molar-refractivity contribution in [3.63, 3.8) is 0 Å². The Morgan fingerprint density at radius 3 is 2.40 bits per heavy atom. The quantitative estimate of drug-likeness (QED) is 0.182. The van der Waals surface area contributed by atoms with Crippen LogP contribution in [0, 0.1) is 23.7 Å². The van der Waals surface area contributed by atoms with Gasteiger partial charge < -0.3 is 30.0 Å². The smallest absolute Gasteiger partial charge is 0.235 e. The van der Waals surface area contributed by atoms with E-state index in [1.807, 2.05) is 57.2 Å². The van der Waals surface area contributed by atoms with Gasteiger partial charge in [-0.15, -0.1) is 0 Å². The third kappa shape index (κ3) is 12.2. The lowest BCUT2D eigenvalue weighted by atomic mass is 9.85. The molecule has 3 N–H and O–H groups in total. The summed E-state index contributed by atoms with van der Waals surface area (Å²) >= 11 is 0. The summed E-state index contributed by atoms with van der Waals surface area (Å²) in [6.45, 7) is 17.9. The van der Waals surface area contributed by atoms with Crippen LogP contribution in [-0.2, 0) is 25.7 Å². The maximum absolute atomic E-state index is 14.2. The van der Waals surface area contributed by atoms with Gasteiger partial charge in [0.15, 0.2) is 0 Å². The van der Waals surface area contributed by atoms with E-state index in [1.165, 1.54) is 0 Å². The fourth-order valence-corrected chi connectivity index (χ4v) is 5.82. The van der Waals surface area contributed by atoms with Crippen molar-refractivity contribution in [1.82, 2.24) is 15.6 Å². The number of piperidine rings is 1. The van der Waals surface area contributed by atoms with E-state index in [1.54, 1.807) is 11.1 Å². The molecule has 1 fully saturated rings. The summed E-state index contributed by atoms with van der Waals surface area (Å²) in [5, 5.41) is 17.8. The number of anilines is 1. The Morgan fingerprint density at radius 1 is 1.02 bits per heavy atom. The summed E-state index contributed by atoms with van der Waals surface area (Å²) in [7, 11) is 0. The topological polar surface area (TPSA) is 122 Å². The van der Waals surface area contributed by atoms with Crippen molar-refractivity contribution < 1.29 is 28.9 Å². The first kappa shape index (κ1) is 38.4. The number of carbonyl (C=O) groups is 2. The molecule has 0 saturated carbocycles. The number of carbonyl (C=O) groups excluding carboxylic acids is 2. The van der Waals surface area contributed by atoms with Crippen molar-refractivity contribution in [2.75, 3.05) is 51.0 Å². The number of aromatic nitrogens is 1. The van der Waals surface area contributed by atoms with E-state index in [0.29, 0.717) is 70.0 Å². The van der Waals surface area contributed by atoms with Crippen LogP contribution in [0.3, 0.4) is 0 Å². The molecule has 10 heteroatoms. The molecule has 0 aliphatic carbocycles. The second kappa shape index (κ2) is 19.7. The van der Waals surface area contributed by atoms with E-state index in [4.69, 9.17) is 19.2 Å². The number of ether oxygens (including phenoxy) is 3. The molecule has 2 heterocycles. The molecule has 2 aromatic rings. The van der Waals surface area contributed by atoms with Crippen molar-refractivity contribution in [3.05, 3.63) is 53.7 Å². The molecule has 1 aliphatic rings. The Hall–Kier alpha value is -3.05. The summed E-state index contributed by atoms with van der Waals surface area (Å²) in [6, 6.07) is 11.7. The van der Waals surface area contributed by atoms with Gasteiger partial charge in [0, 0.05) is 50.5 Å². The minimum absolute atomic E-state index is 0.139. The molecular weight excluding hydrogens is 596 g/mol. The summed E-state index contributed by atoms with van der Waals surface area (Å²) in [5.41, 5.74) is 2.08. The van der Waals surface area contributed by atoms with Crippen molar-refractivity contribution in [1.29, 1.82) is 0 Å². The Labute approximate surface area is 282 Å².